The molecule has 0 unspecified atom stereocenters. The zero-order valence-electron chi connectivity index (χ0n) is 12.4. The number of hydrogen-bond donors (Lipinski definition) is 1. The van der Waals surface area contributed by atoms with Gasteiger partial charge < -0.3 is 10.1 Å². The summed E-state index contributed by atoms with van der Waals surface area (Å²) in [6.07, 6.45) is 2.89. The van der Waals surface area contributed by atoms with Crippen molar-refractivity contribution in [1.82, 2.24) is 10.3 Å². The number of rotatable bonds is 3. The van der Waals surface area contributed by atoms with Gasteiger partial charge in [0, 0.05) is 34.2 Å². The molecule has 22 heavy (non-hydrogen) atoms. The molecule has 1 aliphatic heterocycles. The van der Waals surface area contributed by atoms with E-state index >= 15 is 0 Å². The second kappa shape index (κ2) is 6.99. The summed E-state index contributed by atoms with van der Waals surface area (Å²) < 4.78 is 6.27. The Kier molecular flexibility index (Phi) is 5.01. The molecule has 2 atom stereocenters. The van der Waals surface area contributed by atoms with Crippen LogP contribution in [0.5, 0.6) is 5.88 Å². The van der Waals surface area contributed by atoms with Gasteiger partial charge in [0.15, 0.2) is 0 Å². The second-order valence-electron chi connectivity index (χ2n) is 5.50. The molecule has 1 aromatic heterocycles. The minimum Gasteiger partial charge on any atom is -0.481 e. The monoisotopic (exact) mass is 380 g/mol. The first-order valence-electron chi connectivity index (χ1n) is 7.34. The van der Waals surface area contributed by atoms with Crippen LogP contribution in [0.25, 0.3) is 0 Å². The Bertz CT molecular complexity index is 665. The lowest BCUT2D eigenvalue weighted by molar-refractivity contribution is 0.387. The van der Waals surface area contributed by atoms with Crippen LogP contribution in [-0.2, 0) is 0 Å². The van der Waals surface area contributed by atoms with Gasteiger partial charge in [0.1, 0.15) is 0 Å². The molecule has 1 aromatic carbocycles. The summed E-state index contributed by atoms with van der Waals surface area (Å²) in [5.41, 5.74) is 2.45. The zero-order valence-corrected chi connectivity index (χ0v) is 14.7. The molecule has 1 N–H and O–H groups in total. The molecule has 0 saturated carbocycles. The Balaban J connectivity index is 1.97. The van der Waals surface area contributed by atoms with Crippen molar-refractivity contribution in [3.05, 3.63) is 57.2 Å². The molecule has 1 aliphatic rings. The summed E-state index contributed by atoms with van der Waals surface area (Å²) in [6, 6.07) is 10.3. The maximum Gasteiger partial charge on any atom is 0.213 e. The average Bonchev–Trinajstić information content (AvgIpc) is 2.55. The predicted molar refractivity (Wildman–Crippen MR) is 92.9 cm³/mol. The van der Waals surface area contributed by atoms with Gasteiger partial charge in [-0.1, -0.05) is 33.6 Å². The van der Waals surface area contributed by atoms with E-state index in [1.807, 2.05) is 18.3 Å². The molecule has 3 rings (SSSR count). The highest BCUT2D eigenvalue weighted by molar-refractivity contribution is 9.10. The maximum atomic E-state index is 6.48. The number of methoxy groups -OCH3 is 1. The Morgan fingerprint density at radius 2 is 2.14 bits per heavy atom. The van der Waals surface area contributed by atoms with Crippen LogP contribution in [0.1, 0.15) is 29.4 Å². The van der Waals surface area contributed by atoms with Gasteiger partial charge in [0.05, 0.1) is 7.11 Å². The first-order chi connectivity index (χ1) is 10.7. The summed E-state index contributed by atoms with van der Waals surface area (Å²) >= 11 is 9.95. The summed E-state index contributed by atoms with van der Waals surface area (Å²) in [4.78, 5) is 4.21. The molecule has 0 spiro atoms. The third-order valence-corrected chi connectivity index (χ3v) is 5.06. The van der Waals surface area contributed by atoms with Crippen molar-refractivity contribution in [2.75, 3.05) is 20.2 Å². The lowest BCUT2D eigenvalue weighted by Crippen LogP contribution is -2.34. The molecule has 5 heteroatoms. The van der Waals surface area contributed by atoms with Crippen molar-refractivity contribution in [1.29, 1.82) is 0 Å². The molecule has 116 valence electrons. The van der Waals surface area contributed by atoms with Gasteiger partial charge in [-0.3, -0.25) is 0 Å². The summed E-state index contributed by atoms with van der Waals surface area (Å²) in [7, 11) is 1.65. The fraction of sp³-hybridized carbons (Fsp3) is 0.353. The first-order valence-corrected chi connectivity index (χ1v) is 8.51. The number of nitrogens with zero attached hydrogens (tertiary/aromatic N) is 1. The van der Waals surface area contributed by atoms with Crippen LogP contribution >= 0.6 is 27.5 Å². The zero-order chi connectivity index (χ0) is 15.5. The van der Waals surface area contributed by atoms with Crippen LogP contribution in [0.2, 0.25) is 5.02 Å². The Labute approximate surface area is 144 Å². The fourth-order valence-corrected chi connectivity index (χ4v) is 3.97. The maximum absolute atomic E-state index is 6.48. The van der Waals surface area contributed by atoms with E-state index in [-0.39, 0.29) is 0 Å². The molecular weight excluding hydrogens is 364 g/mol. The molecule has 2 heterocycles. The number of benzene rings is 1. The smallest absolute Gasteiger partial charge is 0.213 e. The Morgan fingerprint density at radius 3 is 2.91 bits per heavy atom. The van der Waals surface area contributed by atoms with Crippen LogP contribution < -0.4 is 10.1 Å². The van der Waals surface area contributed by atoms with Crippen LogP contribution in [0, 0.1) is 0 Å². The van der Waals surface area contributed by atoms with Crippen LogP contribution in [-0.4, -0.2) is 25.2 Å². The molecular formula is C17H18BrClN2O. The fourth-order valence-electron chi connectivity index (χ4n) is 3.15. The van der Waals surface area contributed by atoms with Crippen molar-refractivity contribution in [3.63, 3.8) is 0 Å². The average molecular weight is 382 g/mol. The lowest BCUT2D eigenvalue weighted by Gasteiger charge is -2.33. The van der Waals surface area contributed by atoms with E-state index in [9.17, 15) is 0 Å². The minimum absolute atomic E-state index is 0.349. The topological polar surface area (TPSA) is 34.1 Å². The van der Waals surface area contributed by atoms with Gasteiger partial charge in [-0.25, -0.2) is 4.98 Å². The van der Waals surface area contributed by atoms with E-state index in [0.717, 1.165) is 29.0 Å². The molecule has 1 fully saturated rings. The second-order valence-corrected chi connectivity index (χ2v) is 6.83. The van der Waals surface area contributed by atoms with Gasteiger partial charge in [-0.15, -0.1) is 0 Å². The van der Waals surface area contributed by atoms with Gasteiger partial charge in [-0.2, -0.15) is 0 Å². The minimum atomic E-state index is 0.349. The number of piperidine rings is 1. The third kappa shape index (κ3) is 3.29. The van der Waals surface area contributed by atoms with E-state index < -0.39 is 0 Å². The third-order valence-electron chi connectivity index (χ3n) is 4.24. The van der Waals surface area contributed by atoms with Gasteiger partial charge in [-0.05, 0) is 48.2 Å². The number of ether oxygens (including phenoxy) is 1. The standard InChI is InChI=1S/C17H18BrClN2O/c1-22-17-8-11(4-7-21-17)13-5-6-20-10-15(13)14-3-2-12(18)9-16(14)19/h2-4,7-9,13,15,20H,5-6,10H2,1H3/t13-,15+/m0/s1. The largest absolute Gasteiger partial charge is 0.481 e. The van der Waals surface area contributed by atoms with Crippen molar-refractivity contribution in [2.45, 2.75) is 18.3 Å². The quantitative estimate of drug-likeness (QED) is 0.857. The summed E-state index contributed by atoms with van der Waals surface area (Å²) in [5.74, 6) is 1.43. The van der Waals surface area contributed by atoms with E-state index in [0.29, 0.717) is 17.7 Å². The summed E-state index contributed by atoms with van der Waals surface area (Å²) in [6.45, 7) is 1.94. The van der Waals surface area contributed by atoms with Gasteiger partial charge in [0.25, 0.3) is 0 Å². The predicted octanol–water partition coefficient (Wildman–Crippen LogP) is 4.37. The highest BCUT2D eigenvalue weighted by Gasteiger charge is 2.29. The van der Waals surface area contributed by atoms with Crippen molar-refractivity contribution in [3.8, 4) is 5.88 Å². The Morgan fingerprint density at radius 1 is 1.27 bits per heavy atom. The Hall–Kier alpha value is -1.10. The molecule has 0 bridgehead atoms. The van der Waals surface area contributed by atoms with Crippen LogP contribution in [0.15, 0.2) is 41.0 Å². The molecule has 0 aliphatic carbocycles. The number of pyridine rings is 1. The normalized spacial score (nSPS) is 21.6. The SMILES string of the molecule is COc1cc([C@@H]2CCNC[C@H]2c2ccc(Br)cc2Cl)ccn1. The number of halogens is 2. The molecule has 1 saturated heterocycles. The van der Waals surface area contributed by atoms with Crippen LogP contribution in [0.4, 0.5) is 0 Å². The number of aromatic nitrogens is 1. The lowest BCUT2D eigenvalue weighted by atomic mass is 9.77. The van der Waals surface area contributed by atoms with E-state index in [4.69, 9.17) is 16.3 Å². The van der Waals surface area contributed by atoms with E-state index in [1.54, 1.807) is 7.11 Å². The molecule has 0 amide bonds. The molecule has 3 nitrogen and oxygen atoms in total. The van der Waals surface area contributed by atoms with Gasteiger partial charge in [0.2, 0.25) is 5.88 Å². The van der Waals surface area contributed by atoms with Crippen LogP contribution in [0.3, 0.4) is 0 Å². The first kappa shape index (κ1) is 15.8. The van der Waals surface area contributed by atoms with Gasteiger partial charge >= 0.3 is 0 Å². The molecule has 2 aromatic rings. The van der Waals surface area contributed by atoms with Crippen molar-refractivity contribution < 1.29 is 4.74 Å². The highest BCUT2D eigenvalue weighted by atomic mass is 79.9. The highest BCUT2D eigenvalue weighted by Crippen LogP contribution is 2.41. The summed E-state index contributed by atoms with van der Waals surface area (Å²) in [5, 5.41) is 4.30. The number of nitrogens with one attached hydrogen (secondary N) is 1. The number of hydrogen-bond acceptors (Lipinski definition) is 3. The van der Waals surface area contributed by atoms with Crippen molar-refractivity contribution in [2.24, 2.45) is 0 Å². The molecule has 0 radical (unpaired) electrons. The van der Waals surface area contributed by atoms with Crippen molar-refractivity contribution >= 4 is 27.5 Å². The van der Waals surface area contributed by atoms with E-state index in [2.05, 4.69) is 44.4 Å². The van der Waals surface area contributed by atoms with E-state index in [1.165, 1.54) is 11.1 Å².